The van der Waals surface area contributed by atoms with E-state index in [4.69, 9.17) is 5.73 Å². The molecule has 1 aromatic heterocycles. The Morgan fingerprint density at radius 1 is 1.47 bits per heavy atom. The van der Waals surface area contributed by atoms with E-state index in [9.17, 15) is 4.39 Å². The van der Waals surface area contributed by atoms with Crippen LogP contribution in [0.15, 0.2) is 35.7 Å². The molecule has 0 spiro atoms. The monoisotopic (exact) mass is 251 g/mol. The average Bonchev–Trinajstić information content (AvgIpc) is 2.74. The van der Waals surface area contributed by atoms with Gasteiger partial charge in [0, 0.05) is 31.7 Å². The number of imidazole rings is 1. The number of nitrogens with zero attached hydrogens (tertiary/aromatic N) is 2. The van der Waals surface area contributed by atoms with Gasteiger partial charge in [-0.3, -0.25) is 0 Å². The summed E-state index contributed by atoms with van der Waals surface area (Å²) < 4.78 is 15.5. The van der Waals surface area contributed by atoms with Crippen LogP contribution in [0.25, 0.3) is 0 Å². The minimum atomic E-state index is -0.191. The summed E-state index contributed by atoms with van der Waals surface area (Å²) in [4.78, 5) is 4.18. The molecule has 0 fully saturated rings. The van der Waals surface area contributed by atoms with Gasteiger partial charge in [-0.25, -0.2) is 9.37 Å². The summed E-state index contributed by atoms with van der Waals surface area (Å²) in [6.07, 6.45) is 3.60. The highest BCUT2D eigenvalue weighted by Gasteiger charge is 2.06. The van der Waals surface area contributed by atoms with E-state index in [1.54, 1.807) is 12.3 Å². The maximum absolute atomic E-state index is 13.6. The van der Waals surface area contributed by atoms with Crippen LogP contribution in [0.4, 0.5) is 4.39 Å². The van der Waals surface area contributed by atoms with Gasteiger partial charge in [0.15, 0.2) is 5.16 Å². The fraction of sp³-hybridized carbons (Fsp3) is 0.250. The van der Waals surface area contributed by atoms with Crippen LogP contribution in [0.2, 0.25) is 0 Å². The van der Waals surface area contributed by atoms with Crippen LogP contribution in [-0.4, -0.2) is 9.55 Å². The van der Waals surface area contributed by atoms with Gasteiger partial charge in [-0.15, -0.1) is 0 Å². The van der Waals surface area contributed by atoms with Crippen LogP contribution in [-0.2, 0) is 19.3 Å². The standard InChI is InChI=1S/C12H14FN3S/c1-16-5-4-15-12(16)17-8-10-6-9(7-14)2-3-11(10)13/h2-6H,7-8,14H2,1H3. The normalized spacial score (nSPS) is 10.8. The average molecular weight is 251 g/mol. The molecule has 0 unspecified atom stereocenters. The molecular weight excluding hydrogens is 237 g/mol. The van der Waals surface area contributed by atoms with Crippen LogP contribution in [0, 0.1) is 5.82 Å². The zero-order chi connectivity index (χ0) is 12.3. The summed E-state index contributed by atoms with van der Waals surface area (Å²) in [5, 5.41) is 0.877. The fourth-order valence-corrected chi connectivity index (χ4v) is 2.40. The lowest BCUT2D eigenvalue weighted by atomic mass is 10.1. The summed E-state index contributed by atoms with van der Waals surface area (Å²) in [7, 11) is 1.92. The van der Waals surface area contributed by atoms with E-state index >= 15 is 0 Å². The van der Waals surface area contributed by atoms with Gasteiger partial charge >= 0.3 is 0 Å². The Hall–Kier alpha value is -1.33. The molecule has 5 heteroatoms. The number of hydrogen-bond donors (Lipinski definition) is 1. The van der Waals surface area contributed by atoms with Gasteiger partial charge in [0.1, 0.15) is 5.82 Å². The second kappa shape index (κ2) is 5.33. The van der Waals surface area contributed by atoms with Gasteiger partial charge in [0.25, 0.3) is 0 Å². The van der Waals surface area contributed by atoms with Crippen molar-refractivity contribution in [1.29, 1.82) is 0 Å². The fourth-order valence-electron chi connectivity index (χ4n) is 1.50. The molecule has 90 valence electrons. The van der Waals surface area contributed by atoms with Crippen LogP contribution < -0.4 is 5.73 Å². The SMILES string of the molecule is Cn1ccnc1SCc1cc(CN)ccc1F. The molecule has 2 aromatic rings. The minimum absolute atomic E-state index is 0.191. The number of thioether (sulfide) groups is 1. The number of halogens is 1. The third kappa shape index (κ3) is 2.87. The first-order valence-corrected chi connectivity index (χ1v) is 6.26. The number of rotatable bonds is 4. The van der Waals surface area contributed by atoms with E-state index < -0.39 is 0 Å². The summed E-state index contributed by atoms with van der Waals surface area (Å²) in [5.74, 6) is 0.369. The van der Waals surface area contributed by atoms with E-state index in [0.717, 1.165) is 10.7 Å². The first-order chi connectivity index (χ1) is 8.20. The largest absolute Gasteiger partial charge is 0.329 e. The molecule has 2 N–H and O–H groups in total. The van der Waals surface area contributed by atoms with Crippen molar-refractivity contribution in [3.8, 4) is 0 Å². The van der Waals surface area contributed by atoms with Gasteiger partial charge in [-0.05, 0) is 17.2 Å². The zero-order valence-electron chi connectivity index (χ0n) is 9.56. The Morgan fingerprint density at radius 3 is 2.94 bits per heavy atom. The third-order valence-electron chi connectivity index (χ3n) is 2.48. The Morgan fingerprint density at radius 2 is 2.29 bits per heavy atom. The minimum Gasteiger partial charge on any atom is -0.329 e. The van der Waals surface area contributed by atoms with Crippen molar-refractivity contribution < 1.29 is 4.39 Å². The van der Waals surface area contributed by atoms with Crippen molar-refractivity contribution in [3.63, 3.8) is 0 Å². The smallest absolute Gasteiger partial charge is 0.167 e. The molecule has 0 aliphatic carbocycles. The van der Waals surface area contributed by atoms with Crippen LogP contribution in [0.3, 0.4) is 0 Å². The predicted molar refractivity (Wildman–Crippen MR) is 67.1 cm³/mol. The Balaban J connectivity index is 2.11. The van der Waals surface area contributed by atoms with Crippen molar-refractivity contribution in [2.75, 3.05) is 0 Å². The quantitative estimate of drug-likeness (QED) is 0.848. The van der Waals surface area contributed by atoms with E-state index in [-0.39, 0.29) is 5.82 Å². The molecular formula is C12H14FN3S. The molecule has 2 rings (SSSR count). The van der Waals surface area contributed by atoms with Crippen molar-refractivity contribution in [1.82, 2.24) is 9.55 Å². The molecule has 0 aliphatic rings. The van der Waals surface area contributed by atoms with Gasteiger partial charge < -0.3 is 10.3 Å². The highest BCUT2D eigenvalue weighted by molar-refractivity contribution is 7.98. The van der Waals surface area contributed by atoms with Crippen molar-refractivity contribution in [2.45, 2.75) is 17.5 Å². The zero-order valence-corrected chi connectivity index (χ0v) is 10.4. The second-order valence-corrected chi connectivity index (χ2v) is 4.68. The van der Waals surface area contributed by atoms with Gasteiger partial charge in [0.05, 0.1) is 0 Å². The number of aromatic nitrogens is 2. The van der Waals surface area contributed by atoms with Gasteiger partial charge in [0.2, 0.25) is 0 Å². The van der Waals surface area contributed by atoms with Gasteiger partial charge in [-0.2, -0.15) is 0 Å². The Labute approximate surface area is 104 Å². The molecule has 0 amide bonds. The lowest BCUT2D eigenvalue weighted by Crippen LogP contribution is -1.99. The summed E-state index contributed by atoms with van der Waals surface area (Å²) in [6.45, 7) is 0.431. The Kier molecular flexibility index (Phi) is 3.81. The van der Waals surface area contributed by atoms with Crippen LogP contribution >= 0.6 is 11.8 Å². The highest BCUT2D eigenvalue weighted by Crippen LogP contribution is 2.22. The molecule has 0 atom stereocenters. The predicted octanol–water partition coefficient (Wildman–Crippen LogP) is 2.31. The second-order valence-electron chi connectivity index (χ2n) is 3.74. The molecule has 0 saturated carbocycles. The molecule has 0 saturated heterocycles. The number of aryl methyl sites for hydroxylation is 1. The molecule has 0 radical (unpaired) electrons. The molecule has 1 aromatic carbocycles. The molecule has 1 heterocycles. The van der Waals surface area contributed by atoms with Crippen molar-refractivity contribution in [3.05, 3.63) is 47.5 Å². The number of hydrogen-bond acceptors (Lipinski definition) is 3. The maximum atomic E-state index is 13.6. The van der Waals surface area contributed by atoms with Crippen LogP contribution in [0.5, 0.6) is 0 Å². The van der Waals surface area contributed by atoms with E-state index in [1.807, 2.05) is 23.9 Å². The topological polar surface area (TPSA) is 43.8 Å². The van der Waals surface area contributed by atoms with E-state index in [0.29, 0.717) is 17.9 Å². The van der Waals surface area contributed by atoms with Gasteiger partial charge in [-0.1, -0.05) is 23.9 Å². The van der Waals surface area contributed by atoms with Crippen molar-refractivity contribution >= 4 is 11.8 Å². The highest BCUT2D eigenvalue weighted by atomic mass is 32.2. The first-order valence-electron chi connectivity index (χ1n) is 5.28. The lowest BCUT2D eigenvalue weighted by molar-refractivity contribution is 0.616. The molecule has 0 bridgehead atoms. The van der Waals surface area contributed by atoms with E-state index in [2.05, 4.69) is 4.98 Å². The molecule has 17 heavy (non-hydrogen) atoms. The molecule has 3 nitrogen and oxygen atoms in total. The number of nitrogens with two attached hydrogens (primary N) is 1. The number of benzene rings is 1. The summed E-state index contributed by atoms with van der Waals surface area (Å²) in [6, 6.07) is 4.99. The summed E-state index contributed by atoms with van der Waals surface area (Å²) >= 11 is 1.51. The Bertz CT molecular complexity index is 510. The molecule has 0 aliphatic heterocycles. The third-order valence-corrected chi connectivity index (χ3v) is 3.59. The van der Waals surface area contributed by atoms with E-state index in [1.165, 1.54) is 17.8 Å². The van der Waals surface area contributed by atoms with Crippen molar-refractivity contribution in [2.24, 2.45) is 12.8 Å². The maximum Gasteiger partial charge on any atom is 0.167 e. The summed E-state index contributed by atoms with van der Waals surface area (Å²) in [5.41, 5.74) is 7.15. The van der Waals surface area contributed by atoms with Crippen LogP contribution in [0.1, 0.15) is 11.1 Å². The first kappa shape index (κ1) is 12.1. The lowest BCUT2D eigenvalue weighted by Gasteiger charge is -2.05.